The Bertz CT molecular complexity index is 568. The Hall–Kier alpha value is -1.50. The molecule has 2 aromatic heterocycles. The van der Waals surface area contributed by atoms with E-state index in [9.17, 15) is 0 Å². The number of nitrogens with zero attached hydrogens (tertiary/aromatic N) is 3. The van der Waals surface area contributed by atoms with E-state index in [4.69, 9.17) is 0 Å². The average molecular weight is 278 g/mol. The van der Waals surface area contributed by atoms with Crippen LogP contribution in [-0.2, 0) is 0 Å². The third-order valence-corrected chi connectivity index (χ3v) is 4.76. The van der Waals surface area contributed by atoms with Crippen molar-refractivity contribution in [3.8, 4) is 0 Å². The van der Waals surface area contributed by atoms with Crippen LogP contribution < -0.4 is 10.6 Å². The minimum absolute atomic E-state index is 0.473. The van der Waals surface area contributed by atoms with Gasteiger partial charge >= 0.3 is 0 Å². The van der Waals surface area contributed by atoms with Crippen LogP contribution in [0.15, 0.2) is 6.33 Å². The Labute approximate surface area is 116 Å². The molecule has 0 bridgehead atoms. The first-order valence-corrected chi connectivity index (χ1v) is 7.79. The molecule has 1 saturated carbocycles. The summed E-state index contributed by atoms with van der Waals surface area (Å²) < 4.78 is 0. The van der Waals surface area contributed by atoms with Crippen molar-refractivity contribution in [1.29, 1.82) is 0 Å². The normalized spacial score (nSPS) is 22.8. The number of hydrogen-bond donors (Lipinski definition) is 3. The van der Waals surface area contributed by atoms with Crippen LogP contribution in [0.5, 0.6) is 0 Å². The number of aromatic amines is 1. The molecule has 0 radical (unpaired) electrons. The number of hydrogen-bond acceptors (Lipinski definition) is 6. The molecule has 2 aromatic rings. The minimum atomic E-state index is 0.473. The molecule has 3 N–H and O–H groups in total. The zero-order valence-corrected chi connectivity index (χ0v) is 11.9. The second-order valence-corrected chi connectivity index (χ2v) is 5.78. The molecular weight excluding hydrogens is 260 g/mol. The van der Waals surface area contributed by atoms with E-state index in [0.717, 1.165) is 11.3 Å². The van der Waals surface area contributed by atoms with Gasteiger partial charge in [0.25, 0.3) is 0 Å². The van der Waals surface area contributed by atoms with Gasteiger partial charge in [0.05, 0.1) is 6.33 Å². The summed E-state index contributed by atoms with van der Waals surface area (Å²) in [6, 6.07) is 0.473. The quantitative estimate of drug-likeness (QED) is 0.795. The van der Waals surface area contributed by atoms with Crippen molar-refractivity contribution in [2.45, 2.75) is 30.6 Å². The second kappa shape index (κ2) is 5.24. The van der Waals surface area contributed by atoms with Crippen molar-refractivity contribution in [3.63, 3.8) is 0 Å². The van der Waals surface area contributed by atoms with Gasteiger partial charge < -0.3 is 15.6 Å². The first-order valence-electron chi connectivity index (χ1n) is 6.50. The lowest BCUT2D eigenvalue weighted by atomic mass is 10.2. The monoisotopic (exact) mass is 278 g/mol. The van der Waals surface area contributed by atoms with Crippen LogP contribution in [0.2, 0.25) is 0 Å². The molecule has 0 saturated heterocycles. The Morgan fingerprint density at radius 1 is 1.37 bits per heavy atom. The van der Waals surface area contributed by atoms with Gasteiger partial charge in [0.15, 0.2) is 11.5 Å². The summed E-state index contributed by atoms with van der Waals surface area (Å²) in [7, 11) is 1.82. The topological polar surface area (TPSA) is 78.5 Å². The SMILES string of the molecule is CNc1nc(NC2CCCC2SC)c2[nH]cnc2n1. The fourth-order valence-corrected chi connectivity index (χ4v) is 3.53. The maximum absolute atomic E-state index is 4.51. The summed E-state index contributed by atoms with van der Waals surface area (Å²) in [6.07, 6.45) is 7.58. The predicted octanol–water partition coefficient (Wildman–Crippen LogP) is 2.09. The van der Waals surface area contributed by atoms with E-state index in [0.29, 0.717) is 22.9 Å². The van der Waals surface area contributed by atoms with Crippen LogP contribution in [0.4, 0.5) is 11.8 Å². The number of fused-ring (bicyclic) bond motifs is 1. The minimum Gasteiger partial charge on any atom is -0.364 e. The van der Waals surface area contributed by atoms with Gasteiger partial charge in [-0.2, -0.15) is 21.7 Å². The number of thioether (sulfide) groups is 1. The molecule has 1 fully saturated rings. The van der Waals surface area contributed by atoms with Gasteiger partial charge in [-0.05, 0) is 19.1 Å². The highest BCUT2D eigenvalue weighted by atomic mass is 32.2. The lowest BCUT2D eigenvalue weighted by Gasteiger charge is -2.20. The maximum Gasteiger partial charge on any atom is 0.226 e. The molecule has 0 aliphatic heterocycles. The van der Waals surface area contributed by atoms with Gasteiger partial charge in [-0.3, -0.25) is 0 Å². The van der Waals surface area contributed by atoms with Crippen LogP contribution in [0.25, 0.3) is 11.2 Å². The number of nitrogens with one attached hydrogen (secondary N) is 3. The third-order valence-electron chi connectivity index (χ3n) is 3.59. The van der Waals surface area contributed by atoms with E-state index in [1.165, 1.54) is 19.3 Å². The van der Waals surface area contributed by atoms with Gasteiger partial charge in [0.2, 0.25) is 5.95 Å². The first-order chi connectivity index (χ1) is 9.31. The van der Waals surface area contributed by atoms with Gasteiger partial charge in [-0.1, -0.05) is 6.42 Å². The Morgan fingerprint density at radius 2 is 2.26 bits per heavy atom. The molecule has 7 heteroatoms. The summed E-state index contributed by atoms with van der Waals surface area (Å²) in [6.45, 7) is 0. The van der Waals surface area contributed by atoms with Crippen LogP contribution in [0, 0.1) is 0 Å². The molecule has 3 rings (SSSR count). The Kier molecular flexibility index (Phi) is 3.46. The van der Waals surface area contributed by atoms with Crippen LogP contribution >= 0.6 is 11.8 Å². The third kappa shape index (κ3) is 2.34. The highest BCUT2D eigenvalue weighted by molar-refractivity contribution is 7.99. The first kappa shape index (κ1) is 12.5. The van der Waals surface area contributed by atoms with Gasteiger partial charge in [0.1, 0.15) is 5.52 Å². The second-order valence-electron chi connectivity index (χ2n) is 4.70. The van der Waals surface area contributed by atoms with Crippen LogP contribution in [0.1, 0.15) is 19.3 Å². The summed E-state index contributed by atoms with van der Waals surface area (Å²) >= 11 is 1.93. The van der Waals surface area contributed by atoms with E-state index >= 15 is 0 Å². The van der Waals surface area contributed by atoms with E-state index in [-0.39, 0.29) is 0 Å². The lowest BCUT2D eigenvalue weighted by Crippen LogP contribution is -2.26. The zero-order chi connectivity index (χ0) is 13.2. The predicted molar refractivity (Wildman–Crippen MR) is 79.8 cm³/mol. The molecule has 2 heterocycles. The average Bonchev–Trinajstić information content (AvgIpc) is 3.06. The van der Waals surface area contributed by atoms with E-state index < -0.39 is 0 Å². The van der Waals surface area contributed by atoms with Crippen molar-refractivity contribution in [2.75, 3.05) is 23.9 Å². The largest absolute Gasteiger partial charge is 0.364 e. The van der Waals surface area contributed by atoms with Crippen molar-refractivity contribution in [3.05, 3.63) is 6.33 Å². The highest BCUT2D eigenvalue weighted by Gasteiger charge is 2.27. The molecule has 19 heavy (non-hydrogen) atoms. The van der Waals surface area contributed by atoms with E-state index in [1.54, 1.807) is 6.33 Å². The highest BCUT2D eigenvalue weighted by Crippen LogP contribution is 2.31. The number of aromatic nitrogens is 4. The van der Waals surface area contributed by atoms with Crippen molar-refractivity contribution < 1.29 is 0 Å². The summed E-state index contributed by atoms with van der Waals surface area (Å²) in [5.74, 6) is 1.44. The lowest BCUT2D eigenvalue weighted by molar-refractivity contribution is 0.764. The molecule has 2 unspecified atom stereocenters. The maximum atomic E-state index is 4.51. The molecule has 1 aliphatic carbocycles. The number of H-pyrrole nitrogens is 1. The van der Waals surface area contributed by atoms with Gasteiger partial charge in [0, 0.05) is 18.3 Å². The molecule has 0 amide bonds. The summed E-state index contributed by atoms with van der Waals surface area (Å²) in [5.41, 5.74) is 1.58. The van der Waals surface area contributed by atoms with Gasteiger partial charge in [-0.15, -0.1) is 0 Å². The fourth-order valence-electron chi connectivity index (χ4n) is 2.60. The number of anilines is 2. The van der Waals surface area contributed by atoms with Crippen molar-refractivity contribution in [1.82, 2.24) is 19.9 Å². The number of rotatable bonds is 4. The summed E-state index contributed by atoms with van der Waals surface area (Å²) in [4.78, 5) is 16.2. The van der Waals surface area contributed by atoms with Crippen molar-refractivity contribution in [2.24, 2.45) is 0 Å². The molecule has 1 aliphatic rings. The molecule has 6 nitrogen and oxygen atoms in total. The molecule has 2 atom stereocenters. The smallest absolute Gasteiger partial charge is 0.226 e. The van der Waals surface area contributed by atoms with Crippen LogP contribution in [0.3, 0.4) is 0 Å². The fraction of sp³-hybridized carbons (Fsp3) is 0.583. The zero-order valence-electron chi connectivity index (χ0n) is 11.1. The Balaban J connectivity index is 1.92. The van der Waals surface area contributed by atoms with E-state index in [1.807, 2.05) is 18.8 Å². The molecule has 102 valence electrons. The molecule has 0 spiro atoms. The molecule has 0 aromatic carbocycles. The van der Waals surface area contributed by atoms with Crippen molar-refractivity contribution >= 4 is 34.7 Å². The summed E-state index contributed by atoms with van der Waals surface area (Å²) in [5, 5.41) is 7.20. The Morgan fingerprint density at radius 3 is 3.05 bits per heavy atom. The number of imidazole rings is 1. The van der Waals surface area contributed by atoms with Gasteiger partial charge in [-0.25, -0.2) is 4.98 Å². The molecular formula is C12H18N6S. The standard InChI is InChI=1S/C12H18N6S/c1-13-12-17-10-9(14-6-15-10)11(18-12)16-7-4-3-5-8(7)19-2/h6-8H,3-5H2,1-2H3,(H3,13,14,15,16,17,18). The van der Waals surface area contributed by atoms with Crippen LogP contribution in [-0.4, -0.2) is 44.5 Å². The van der Waals surface area contributed by atoms with E-state index in [2.05, 4.69) is 36.8 Å².